The van der Waals surface area contributed by atoms with Gasteiger partial charge in [-0.25, -0.2) is 9.97 Å². The van der Waals surface area contributed by atoms with E-state index in [1.54, 1.807) is 12.4 Å². The Morgan fingerprint density at radius 3 is 1.79 bits per heavy atom. The molecule has 0 amide bonds. The Balaban J connectivity index is 2.94. The molecule has 1 rings (SSSR count). The van der Waals surface area contributed by atoms with Crippen molar-refractivity contribution in [1.82, 2.24) is 9.97 Å². The van der Waals surface area contributed by atoms with Gasteiger partial charge in [-0.1, -0.05) is 27.7 Å². The zero-order chi connectivity index (χ0) is 10.7. The van der Waals surface area contributed by atoms with Crippen LogP contribution < -0.4 is 5.73 Å². The number of hydrogen-bond donors (Lipinski definition) is 1. The van der Waals surface area contributed by atoms with Crippen LogP contribution in [-0.4, -0.2) is 9.97 Å². The van der Waals surface area contributed by atoms with E-state index >= 15 is 0 Å². The number of nitrogen functional groups attached to an aromatic ring is 1. The van der Waals surface area contributed by atoms with Crippen LogP contribution in [-0.2, 0) is 0 Å². The predicted molar refractivity (Wildman–Crippen MR) is 58.9 cm³/mol. The summed E-state index contributed by atoms with van der Waals surface area (Å²) in [6, 6.07) is 0. The van der Waals surface area contributed by atoms with Crippen LogP contribution in [0.15, 0.2) is 12.4 Å². The molecule has 14 heavy (non-hydrogen) atoms. The van der Waals surface area contributed by atoms with Gasteiger partial charge in [0.15, 0.2) is 0 Å². The van der Waals surface area contributed by atoms with Crippen molar-refractivity contribution in [2.75, 3.05) is 5.73 Å². The van der Waals surface area contributed by atoms with Crippen LogP contribution in [0.1, 0.15) is 39.4 Å². The number of rotatable bonds is 3. The van der Waals surface area contributed by atoms with Crippen molar-refractivity contribution < 1.29 is 0 Å². The lowest BCUT2D eigenvalue weighted by molar-refractivity contribution is 0.371. The number of nitrogens with zero attached hydrogens (tertiary/aromatic N) is 2. The fourth-order valence-corrected chi connectivity index (χ4v) is 1.89. The van der Waals surface area contributed by atoms with Gasteiger partial charge < -0.3 is 5.73 Å². The predicted octanol–water partition coefficient (Wildman–Crippen LogP) is 2.45. The van der Waals surface area contributed by atoms with Gasteiger partial charge in [0.1, 0.15) is 5.82 Å². The van der Waals surface area contributed by atoms with E-state index in [1.807, 2.05) is 0 Å². The van der Waals surface area contributed by atoms with E-state index in [0.29, 0.717) is 23.4 Å². The summed E-state index contributed by atoms with van der Waals surface area (Å²) in [4.78, 5) is 8.57. The Labute approximate surface area is 85.8 Å². The van der Waals surface area contributed by atoms with Gasteiger partial charge in [-0.3, -0.25) is 0 Å². The highest BCUT2D eigenvalue weighted by molar-refractivity contribution is 5.30. The molecule has 0 aliphatic carbocycles. The summed E-state index contributed by atoms with van der Waals surface area (Å²) < 4.78 is 0. The average molecular weight is 193 g/mol. The van der Waals surface area contributed by atoms with Crippen LogP contribution in [0.25, 0.3) is 0 Å². The highest BCUT2D eigenvalue weighted by Crippen LogP contribution is 2.29. The van der Waals surface area contributed by atoms with E-state index in [0.717, 1.165) is 5.82 Å². The average Bonchev–Trinajstić information content (AvgIpc) is 2.07. The molecule has 0 atom stereocenters. The minimum atomic E-state index is 0.413. The zero-order valence-electron chi connectivity index (χ0n) is 9.36. The lowest BCUT2D eigenvalue weighted by atomic mass is 9.85. The second-order valence-electron chi connectivity index (χ2n) is 4.39. The van der Waals surface area contributed by atoms with E-state index in [2.05, 4.69) is 37.7 Å². The van der Waals surface area contributed by atoms with Crippen molar-refractivity contribution in [2.24, 2.45) is 11.8 Å². The largest absolute Gasteiger partial charge is 0.396 e. The normalized spacial score (nSPS) is 11.6. The number of hydrogen-bond acceptors (Lipinski definition) is 3. The second-order valence-corrected chi connectivity index (χ2v) is 4.39. The molecule has 3 heteroatoms. The third-order valence-electron chi connectivity index (χ3n) is 2.43. The molecule has 1 aromatic rings. The molecule has 3 nitrogen and oxygen atoms in total. The van der Waals surface area contributed by atoms with Crippen molar-refractivity contribution in [3.8, 4) is 0 Å². The molecule has 0 bridgehead atoms. The molecular weight excluding hydrogens is 174 g/mol. The maximum Gasteiger partial charge on any atom is 0.131 e. The third-order valence-corrected chi connectivity index (χ3v) is 2.43. The Morgan fingerprint density at radius 1 is 1.00 bits per heavy atom. The molecule has 0 saturated carbocycles. The summed E-state index contributed by atoms with van der Waals surface area (Å²) in [5.41, 5.74) is 6.18. The van der Waals surface area contributed by atoms with Crippen molar-refractivity contribution in [2.45, 2.75) is 33.6 Å². The second kappa shape index (κ2) is 4.40. The number of anilines is 1. The van der Waals surface area contributed by atoms with Crippen LogP contribution in [0.5, 0.6) is 0 Å². The topological polar surface area (TPSA) is 51.8 Å². The highest BCUT2D eigenvalue weighted by Gasteiger charge is 2.21. The van der Waals surface area contributed by atoms with Gasteiger partial charge in [-0.2, -0.15) is 0 Å². The van der Waals surface area contributed by atoms with Crippen LogP contribution in [0, 0.1) is 11.8 Å². The number of nitrogens with two attached hydrogens (primary N) is 1. The molecule has 0 fully saturated rings. The molecule has 78 valence electrons. The first-order chi connectivity index (χ1) is 6.52. The molecule has 0 unspecified atom stereocenters. The van der Waals surface area contributed by atoms with Crippen LogP contribution in [0.2, 0.25) is 0 Å². The van der Waals surface area contributed by atoms with E-state index in [-0.39, 0.29) is 0 Å². The molecule has 0 aliphatic rings. The van der Waals surface area contributed by atoms with Gasteiger partial charge in [-0.15, -0.1) is 0 Å². The molecule has 0 aromatic carbocycles. The van der Waals surface area contributed by atoms with Crippen molar-refractivity contribution >= 4 is 5.69 Å². The van der Waals surface area contributed by atoms with E-state index in [1.165, 1.54) is 0 Å². The maximum atomic E-state index is 5.55. The summed E-state index contributed by atoms with van der Waals surface area (Å²) in [7, 11) is 0. The highest BCUT2D eigenvalue weighted by atomic mass is 14.9. The van der Waals surface area contributed by atoms with Gasteiger partial charge in [-0.05, 0) is 11.8 Å². The Morgan fingerprint density at radius 2 is 1.43 bits per heavy atom. The van der Waals surface area contributed by atoms with Gasteiger partial charge in [0.2, 0.25) is 0 Å². The van der Waals surface area contributed by atoms with Gasteiger partial charge in [0.05, 0.1) is 18.1 Å². The molecule has 1 aromatic heterocycles. The maximum absolute atomic E-state index is 5.55. The molecule has 0 radical (unpaired) electrons. The summed E-state index contributed by atoms with van der Waals surface area (Å²) >= 11 is 0. The summed E-state index contributed by atoms with van der Waals surface area (Å²) in [5, 5.41) is 0. The van der Waals surface area contributed by atoms with Crippen molar-refractivity contribution in [1.29, 1.82) is 0 Å². The summed E-state index contributed by atoms with van der Waals surface area (Å²) in [6.45, 7) is 8.80. The third kappa shape index (κ3) is 2.44. The zero-order valence-corrected chi connectivity index (χ0v) is 9.36. The monoisotopic (exact) mass is 193 g/mol. The molecule has 1 heterocycles. The van der Waals surface area contributed by atoms with E-state index in [9.17, 15) is 0 Å². The van der Waals surface area contributed by atoms with Crippen LogP contribution >= 0.6 is 0 Å². The fourth-order valence-electron chi connectivity index (χ4n) is 1.89. The van der Waals surface area contributed by atoms with E-state index < -0.39 is 0 Å². The molecule has 0 aliphatic heterocycles. The molecule has 0 spiro atoms. The fraction of sp³-hybridized carbons (Fsp3) is 0.636. The summed E-state index contributed by atoms with van der Waals surface area (Å²) in [6.07, 6.45) is 3.36. The first-order valence-electron chi connectivity index (χ1n) is 5.09. The molecule has 0 saturated heterocycles. The van der Waals surface area contributed by atoms with Crippen molar-refractivity contribution in [3.05, 3.63) is 18.2 Å². The van der Waals surface area contributed by atoms with E-state index in [4.69, 9.17) is 5.73 Å². The van der Waals surface area contributed by atoms with Gasteiger partial charge in [0.25, 0.3) is 0 Å². The lowest BCUT2D eigenvalue weighted by Crippen LogP contribution is -2.16. The molecular formula is C11H19N3. The first-order valence-corrected chi connectivity index (χ1v) is 5.09. The smallest absolute Gasteiger partial charge is 0.131 e. The van der Waals surface area contributed by atoms with Crippen molar-refractivity contribution in [3.63, 3.8) is 0 Å². The standard InChI is InChI=1S/C11H19N3/c1-7(2)10(8(3)4)11-13-5-9(12)6-14-11/h5-8,10H,12H2,1-4H3. The van der Waals surface area contributed by atoms with Gasteiger partial charge >= 0.3 is 0 Å². The Bertz CT molecular complexity index is 269. The van der Waals surface area contributed by atoms with Crippen LogP contribution in [0.3, 0.4) is 0 Å². The Kier molecular flexibility index (Phi) is 3.44. The molecule has 2 N–H and O–H groups in total. The lowest BCUT2D eigenvalue weighted by Gasteiger charge is -2.22. The Hall–Kier alpha value is -1.12. The van der Waals surface area contributed by atoms with Gasteiger partial charge in [0, 0.05) is 5.92 Å². The number of aromatic nitrogens is 2. The SMILES string of the molecule is CC(C)C(c1ncc(N)cn1)C(C)C. The van der Waals surface area contributed by atoms with Crippen LogP contribution in [0.4, 0.5) is 5.69 Å². The minimum absolute atomic E-state index is 0.413. The first kappa shape index (κ1) is 11.0. The quantitative estimate of drug-likeness (QED) is 0.802. The minimum Gasteiger partial charge on any atom is -0.396 e. The summed E-state index contributed by atoms with van der Waals surface area (Å²) in [5.74, 6) is 2.43.